The molecule has 6 nitrogen and oxygen atoms in total. The summed E-state index contributed by atoms with van der Waals surface area (Å²) >= 11 is 0. The molecule has 0 bridgehead atoms. The van der Waals surface area contributed by atoms with Crippen molar-refractivity contribution in [1.29, 1.82) is 5.26 Å². The number of nitriles is 1. The van der Waals surface area contributed by atoms with Gasteiger partial charge in [0, 0.05) is 6.20 Å². The van der Waals surface area contributed by atoms with Crippen LogP contribution in [0.4, 0.5) is 0 Å². The van der Waals surface area contributed by atoms with Crippen LogP contribution in [0.15, 0.2) is 18.3 Å². The Morgan fingerprint density at radius 3 is 2.94 bits per heavy atom. The predicted molar refractivity (Wildman–Crippen MR) is 56.6 cm³/mol. The molecule has 0 radical (unpaired) electrons. The lowest BCUT2D eigenvalue weighted by Gasteiger charge is -2.16. The van der Waals surface area contributed by atoms with Gasteiger partial charge in [-0.3, -0.25) is 4.79 Å². The number of aliphatic hydroxyl groups is 2. The molecule has 2 unspecified atom stereocenters. The third-order valence-electron chi connectivity index (χ3n) is 2.21. The predicted octanol–water partition coefficient (Wildman–Crippen LogP) is -0.0893. The zero-order valence-electron chi connectivity index (χ0n) is 9.20. The van der Waals surface area contributed by atoms with E-state index in [0.717, 1.165) is 0 Å². The standard InChI is InChI=1S/C11H12N2O4/c1-17-10(15)5-9(14)11(16)7-2-3-13-8(4-7)6-12/h2-4,9,11,14,16H,5H2,1H3. The van der Waals surface area contributed by atoms with E-state index in [4.69, 9.17) is 5.26 Å². The van der Waals surface area contributed by atoms with E-state index in [-0.39, 0.29) is 12.1 Å². The highest BCUT2D eigenvalue weighted by atomic mass is 16.5. The van der Waals surface area contributed by atoms with E-state index < -0.39 is 18.2 Å². The molecular weight excluding hydrogens is 224 g/mol. The minimum Gasteiger partial charge on any atom is -0.469 e. The Morgan fingerprint density at radius 2 is 2.35 bits per heavy atom. The molecule has 0 spiro atoms. The molecule has 0 saturated carbocycles. The van der Waals surface area contributed by atoms with Crippen LogP contribution in [-0.2, 0) is 9.53 Å². The highest BCUT2D eigenvalue weighted by Crippen LogP contribution is 2.19. The fourth-order valence-corrected chi connectivity index (χ4v) is 1.28. The molecule has 0 amide bonds. The van der Waals surface area contributed by atoms with Gasteiger partial charge in [-0.25, -0.2) is 4.98 Å². The summed E-state index contributed by atoms with van der Waals surface area (Å²) in [5, 5.41) is 28.0. The second-order valence-corrected chi connectivity index (χ2v) is 3.38. The molecule has 1 rings (SSSR count). The lowest BCUT2D eigenvalue weighted by atomic mass is 10.0. The molecule has 17 heavy (non-hydrogen) atoms. The minimum absolute atomic E-state index is 0.131. The molecule has 1 heterocycles. The Morgan fingerprint density at radius 1 is 1.65 bits per heavy atom. The number of aliphatic hydroxyl groups excluding tert-OH is 2. The largest absolute Gasteiger partial charge is 0.469 e. The Balaban J connectivity index is 2.78. The normalized spacial score (nSPS) is 13.5. The van der Waals surface area contributed by atoms with Crippen LogP contribution >= 0.6 is 0 Å². The van der Waals surface area contributed by atoms with Crippen LogP contribution in [0.5, 0.6) is 0 Å². The van der Waals surface area contributed by atoms with Crippen molar-refractivity contribution in [2.24, 2.45) is 0 Å². The van der Waals surface area contributed by atoms with Gasteiger partial charge in [0.1, 0.15) is 17.9 Å². The molecule has 2 atom stereocenters. The Hall–Kier alpha value is -1.97. The van der Waals surface area contributed by atoms with Crippen LogP contribution in [0, 0.1) is 11.3 Å². The first-order valence-corrected chi connectivity index (χ1v) is 4.87. The topological polar surface area (TPSA) is 103 Å². The van der Waals surface area contributed by atoms with Crippen molar-refractivity contribution in [3.8, 4) is 6.07 Å². The number of hydrogen-bond acceptors (Lipinski definition) is 6. The van der Waals surface area contributed by atoms with E-state index in [1.807, 2.05) is 6.07 Å². The van der Waals surface area contributed by atoms with E-state index in [2.05, 4.69) is 9.72 Å². The molecule has 0 saturated heterocycles. The lowest BCUT2D eigenvalue weighted by molar-refractivity contribution is -0.144. The molecule has 90 valence electrons. The average molecular weight is 236 g/mol. The number of pyridine rings is 1. The SMILES string of the molecule is COC(=O)CC(O)C(O)c1ccnc(C#N)c1. The van der Waals surface area contributed by atoms with Gasteiger partial charge in [0.25, 0.3) is 0 Å². The lowest BCUT2D eigenvalue weighted by Crippen LogP contribution is -2.22. The van der Waals surface area contributed by atoms with Crippen LogP contribution in [0.3, 0.4) is 0 Å². The smallest absolute Gasteiger partial charge is 0.308 e. The number of nitrogens with zero attached hydrogens (tertiary/aromatic N) is 2. The first kappa shape index (κ1) is 13.1. The van der Waals surface area contributed by atoms with Crippen molar-refractivity contribution in [1.82, 2.24) is 4.98 Å². The van der Waals surface area contributed by atoms with E-state index in [0.29, 0.717) is 5.56 Å². The molecule has 1 aromatic heterocycles. The summed E-state index contributed by atoms with van der Waals surface area (Å²) in [6, 6.07) is 4.63. The summed E-state index contributed by atoms with van der Waals surface area (Å²) in [5.41, 5.74) is 0.458. The number of methoxy groups -OCH3 is 1. The molecule has 2 N–H and O–H groups in total. The number of rotatable bonds is 4. The molecule has 1 aromatic rings. The number of hydrogen-bond donors (Lipinski definition) is 2. The van der Waals surface area contributed by atoms with E-state index in [9.17, 15) is 15.0 Å². The van der Waals surface area contributed by atoms with Crippen LogP contribution in [0.1, 0.15) is 23.8 Å². The number of aromatic nitrogens is 1. The highest BCUT2D eigenvalue weighted by molar-refractivity contribution is 5.69. The number of carbonyl (C=O) groups excluding carboxylic acids is 1. The molecule has 0 aliphatic heterocycles. The van der Waals surface area contributed by atoms with Gasteiger partial charge in [0.05, 0.1) is 19.6 Å². The maximum atomic E-state index is 10.9. The zero-order valence-corrected chi connectivity index (χ0v) is 9.20. The average Bonchev–Trinajstić information content (AvgIpc) is 2.37. The third kappa shape index (κ3) is 3.52. The second kappa shape index (κ2) is 5.94. The first-order valence-electron chi connectivity index (χ1n) is 4.87. The van der Waals surface area contributed by atoms with Gasteiger partial charge in [-0.15, -0.1) is 0 Å². The zero-order chi connectivity index (χ0) is 12.8. The molecule has 0 aliphatic rings. The fourth-order valence-electron chi connectivity index (χ4n) is 1.28. The monoisotopic (exact) mass is 236 g/mol. The number of ether oxygens (including phenoxy) is 1. The maximum absolute atomic E-state index is 10.9. The minimum atomic E-state index is -1.28. The van der Waals surface area contributed by atoms with Crippen molar-refractivity contribution in [2.45, 2.75) is 18.6 Å². The fraction of sp³-hybridized carbons (Fsp3) is 0.364. The maximum Gasteiger partial charge on any atom is 0.308 e. The van der Waals surface area contributed by atoms with Gasteiger partial charge in [-0.1, -0.05) is 0 Å². The highest BCUT2D eigenvalue weighted by Gasteiger charge is 2.22. The van der Waals surface area contributed by atoms with Crippen LogP contribution in [0.25, 0.3) is 0 Å². The molecule has 0 aromatic carbocycles. The van der Waals surface area contributed by atoms with Gasteiger partial charge >= 0.3 is 5.97 Å². The number of esters is 1. The summed E-state index contributed by atoms with van der Waals surface area (Å²) < 4.78 is 4.38. The molecular formula is C11H12N2O4. The van der Waals surface area contributed by atoms with Crippen LogP contribution in [-0.4, -0.2) is 34.4 Å². The van der Waals surface area contributed by atoms with Crippen molar-refractivity contribution >= 4 is 5.97 Å². The van der Waals surface area contributed by atoms with Gasteiger partial charge in [-0.05, 0) is 17.7 Å². The summed E-state index contributed by atoms with van der Waals surface area (Å²) in [6.45, 7) is 0. The van der Waals surface area contributed by atoms with Crippen molar-refractivity contribution in [3.05, 3.63) is 29.6 Å². The first-order chi connectivity index (χ1) is 8.08. The molecule has 0 aliphatic carbocycles. The third-order valence-corrected chi connectivity index (χ3v) is 2.21. The summed E-state index contributed by atoms with van der Waals surface area (Å²) in [6.07, 6.45) is -1.51. The Labute approximate surface area is 98.1 Å². The quantitative estimate of drug-likeness (QED) is 0.708. The molecule has 0 fully saturated rings. The van der Waals surface area contributed by atoms with Crippen molar-refractivity contribution in [3.63, 3.8) is 0 Å². The van der Waals surface area contributed by atoms with E-state index >= 15 is 0 Å². The summed E-state index contributed by atoms with van der Waals surface area (Å²) in [4.78, 5) is 14.7. The van der Waals surface area contributed by atoms with E-state index in [1.54, 1.807) is 0 Å². The Kier molecular flexibility index (Phi) is 4.57. The van der Waals surface area contributed by atoms with E-state index in [1.165, 1.54) is 25.4 Å². The summed E-state index contributed by atoms with van der Waals surface area (Å²) in [7, 11) is 1.20. The van der Waals surface area contributed by atoms with Crippen LogP contribution in [0.2, 0.25) is 0 Å². The second-order valence-electron chi connectivity index (χ2n) is 3.38. The van der Waals surface area contributed by atoms with Gasteiger partial charge in [0.15, 0.2) is 0 Å². The van der Waals surface area contributed by atoms with Gasteiger partial charge < -0.3 is 14.9 Å². The van der Waals surface area contributed by atoms with Gasteiger partial charge in [-0.2, -0.15) is 5.26 Å². The van der Waals surface area contributed by atoms with Crippen molar-refractivity contribution in [2.75, 3.05) is 7.11 Å². The van der Waals surface area contributed by atoms with Gasteiger partial charge in [0.2, 0.25) is 0 Å². The number of carbonyl (C=O) groups is 1. The van der Waals surface area contributed by atoms with Crippen molar-refractivity contribution < 1.29 is 19.7 Å². The van der Waals surface area contributed by atoms with Crippen LogP contribution < -0.4 is 0 Å². The molecule has 6 heteroatoms. The Bertz CT molecular complexity index is 441. The summed E-state index contributed by atoms with van der Waals surface area (Å²) in [5.74, 6) is -0.619.